The fourth-order valence-electron chi connectivity index (χ4n) is 2.70. The van der Waals surface area contributed by atoms with Gasteiger partial charge in [-0.15, -0.1) is 0 Å². The Balaban J connectivity index is 0. The zero-order chi connectivity index (χ0) is 22.7. The summed E-state index contributed by atoms with van der Waals surface area (Å²) in [6, 6.07) is 5.50. The summed E-state index contributed by atoms with van der Waals surface area (Å²) in [5, 5.41) is 2.79. The van der Waals surface area contributed by atoms with Crippen molar-refractivity contribution in [3.63, 3.8) is 0 Å². The fraction of sp³-hybridized carbons (Fsp3) is 0.720. The average molecular weight is 411 g/mol. The number of anilines is 1. The van der Waals surface area contributed by atoms with E-state index in [0.29, 0.717) is 6.42 Å². The van der Waals surface area contributed by atoms with Gasteiger partial charge in [0.05, 0.1) is 5.69 Å². The minimum Gasteiger partial charge on any atom is -0.369 e. The van der Waals surface area contributed by atoms with Gasteiger partial charge in [-0.2, -0.15) is 0 Å². The number of aryl methyl sites for hydroxylation is 1. The van der Waals surface area contributed by atoms with Crippen LogP contribution in [0, 0.1) is 18.7 Å². The van der Waals surface area contributed by atoms with Gasteiger partial charge in [0, 0.05) is 26.1 Å². The summed E-state index contributed by atoms with van der Waals surface area (Å²) in [5.41, 5.74) is 1.76. The monoisotopic (exact) mass is 410 g/mol. The van der Waals surface area contributed by atoms with Crippen LogP contribution in [0.25, 0.3) is 0 Å². The minimum atomic E-state index is -0.0791. The minimum absolute atomic E-state index is 0.0791. The summed E-state index contributed by atoms with van der Waals surface area (Å²) < 4.78 is 13.7. The van der Waals surface area contributed by atoms with Gasteiger partial charge in [-0.25, -0.2) is 4.39 Å². The van der Waals surface area contributed by atoms with Crippen molar-refractivity contribution in [2.45, 2.75) is 93.9 Å². The quantitative estimate of drug-likeness (QED) is 0.560. The van der Waals surface area contributed by atoms with E-state index in [1.54, 1.807) is 6.07 Å². The van der Waals surface area contributed by atoms with Crippen molar-refractivity contribution in [1.29, 1.82) is 0 Å². The molecular weight excluding hydrogens is 363 g/mol. The van der Waals surface area contributed by atoms with E-state index in [1.807, 2.05) is 46.8 Å². The van der Waals surface area contributed by atoms with Gasteiger partial charge in [0.1, 0.15) is 5.82 Å². The number of nitrogens with one attached hydrogen (secondary N) is 1. The lowest BCUT2D eigenvalue weighted by atomic mass is 9.98. The van der Waals surface area contributed by atoms with E-state index >= 15 is 0 Å². The number of rotatable bonds is 5. The van der Waals surface area contributed by atoms with Crippen LogP contribution in [0.4, 0.5) is 10.1 Å². The number of hydrogen-bond acceptors (Lipinski definition) is 2. The molecular formula is C25H47FN2O. The van der Waals surface area contributed by atoms with Gasteiger partial charge in [-0.3, -0.25) is 4.79 Å². The largest absolute Gasteiger partial charge is 0.369 e. The second kappa shape index (κ2) is 19.7. The molecule has 1 amide bonds. The van der Waals surface area contributed by atoms with Crippen molar-refractivity contribution in [2.24, 2.45) is 5.92 Å². The SMILES string of the molecule is CC.CCC.CCCNC(=O)CCC.Cc1ccc(N2CCC(C)CC2)c(F)c1. The molecule has 0 bridgehead atoms. The summed E-state index contributed by atoms with van der Waals surface area (Å²) in [4.78, 5) is 12.9. The van der Waals surface area contributed by atoms with Crippen molar-refractivity contribution in [2.75, 3.05) is 24.5 Å². The molecule has 170 valence electrons. The van der Waals surface area contributed by atoms with Crippen molar-refractivity contribution < 1.29 is 9.18 Å². The third-order valence-corrected chi connectivity index (χ3v) is 4.28. The molecule has 1 saturated heterocycles. The molecule has 0 radical (unpaired) electrons. The molecule has 1 heterocycles. The van der Waals surface area contributed by atoms with Crippen molar-refractivity contribution >= 4 is 11.6 Å². The number of carbonyl (C=O) groups is 1. The first-order valence-electron chi connectivity index (χ1n) is 11.7. The number of nitrogens with zero attached hydrogens (tertiary/aromatic N) is 1. The number of piperidine rings is 1. The van der Waals surface area contributed by atoms with Crippen LogP contribution < -0.4 is 10.2 Å². The third kappa shape index (κ3) is 15.0. The lowest BCUT2D eigenvalue weighted by Gasteiger charge is -2.32. The summed E-state index contributed by atoms with van der Waals surface area (Å²) in [6.45, 7) is 19.3. The molecule has 2 rings (SSSR count). The van der Waals surface area contributed by atoms with Crippen LogP contribution in [0.15, 0.2) is 18.2 Å². The molecule has 1 aliphatic rings. The molecule has 0 aromatic heterocycles. The van der Waals surface area contributed by atoms with Crippen molar-refractivity contribution in [3.8, 4) is 0 Å². The molecule has 1 aromatic carbocycles. The zero-order valence-electron chi connectivity index (χ0n) is 20.4. The predicted octanol–water partition coefficient (Wildman–Crippen LogP) is 7.13. The number of carbonyl (C=O) groups excluding carboxylic acids is 1. The number of amides is 1. The molecule has 0 aliphatic carbocycles. The van der Waals surface area contributed by atoms with Crippen LogP contribution in [-0.2, 0) is 4.79 Å². The van der Waals surface area contributed by atoms with Crippen LogP contribution >= 0.6 is 0 Å². The standard InChI is InChI=1S/C13H18FN.C7H15NO.C3H8.C2H6/c1-10-5-7-15(8-6-10)13-4-3-11(2)9-12(13)14;1-3-5-7(9)8-6-4-2;1-3-2;1-2/h3-4,9-10H,5-8H2,1-2H3;3-6H2,1-2H3,(H,8,9);3H2,1-2H3;1-2H3. The van der Waals surface area contributed by atoms with Crippen molar-refractivity contribution in [3.05, 3.63) is 29.6 Å². The fourth-order valence-corrected chi connectivity index (χ4v) is 2.70. The van der Waals surface area contributed by atoms with Gasteiger partial charge < -0.3 is 10.2 Å². The normalized spacial score (nSPS) is 13.1. The molecule has 3 nitrogen and oxygen atoms in total. The second-order valence-electron chi connectivity index (χ2n) is 7.43. The molecule has 1 aromatic rings. The first kappa shape index (κ1) is 29.6. The van der Waals surface area contributed by atoms with E-state index in [9.17, 15) is 9.18 Å². The number of benzene rings is 1. The summed E-state index contributed by atoms with van der Waals surface area (Å²) in [7, 11) is 0. The molecule has 0 spiro atoms. The molecule has 0 saturated carbocycles. The maximum Gasteiger partial charge on any atom is 0.219 e. The summed E-state index contributed by atoms with van der Waals surface area (Å²) >= 11 is 0. The lowest BCUT2D eigenvalue weighted by Crippen LogP contribution is -2.33. The Morgan fingerprint density at radius 3 is 2.10 bits per heavy atom. The average Bonchev–Trinajstić information content (AvgIpc) is 2.70. The van der Waals surface area contributed by atoms with Crippen LogP contribution in [-0.4, -0.2) is 25.5 Å². The Morgan fingerprint density at radius 1 is 1.10 bits per heavy atom. The van der Waals surface area contributed by atoms with E-state index in [-0.39, 0.29) is 11.7 Å². The van der Waals surface area contributed by atoms with Gasteiger partial charge in [0.15, 0.2) is 0 Å². The van der Waals surface area contributed by atoms with Gasteiger partial charge in [-0.05, 0) is 56.2 Å². The Morgan fingerprint density at radius 2 is 1.66 bits per heavy atom. The summed E-state index contributed by atoms with van der Waals surface area (Å²) in [5.74, 6) is 0.888. The number of halogens is 1. The van der Waals surface area contributed by atoms with Crippen molar-refractivity contribution in [1.82, 2.24) is 5.32 Å². The molecule has 0 unspecified atom stereocenters. The van der Waals surface area contributed by atoms with Gasteiger partial charge in [0.25, 0.3) is 0 Å². The third-order valence-electron chi connectivity index (χ3n) is 4.28. The smallest absolute Gasteiger partial charge is 0.219 e. The first-order chi connectivity index (χ1) is 13.9. The van der Waals surface area contributed by atoms with Gasteiger partial charge in [-0.1, -0.05) is 61.0 Å². The molecule has 1 N–H and O–H groups in total. The highest BCUT2D eigenvalue weighted by molar-refractivity contribution is 5.75. The van der Waals surface area contributed by atoms with Crippen LogP contribution in [0.5, 0.6) is 0 Å². The topological polar surface area (TPSA) is 32.3 Å². The van der Waals surface area contributed by atoms with E-state index in [4.69, 9.17) is 0 Å². The molecule has 1 aliphatic heterocycles. The highest BCUT2D eigenvalue weighted by Crippen LogP contribution is 2.25. The molecule has 4 heteroatoms. The maximum absolute atomic E-state index is 13.7. The molecule has 29 heavy (non-hydrogen) atoms. The Bertz CT molecular complexity index is 512. The van der Waals surface area contributed by atoms with E-state index in [1.165, 1.54) is 19.3 Å². The highest BCUT2D eigenvalue weighted by atomic mass is 19.1. The summed E-state index contributed by atoms with van der Waals surface area (Å²) in [6.07, 6.45) is 6.23. The Labute approximate surface area is 180 Å². The molecule has 0 atom stereocenters. The Kier molecular flexibility index (Phi) is 20.1. The van der Waals surface area contributed by atoms with E-state index in [2.05, 4.69) is 31.0 Å². The van der Waals surface area contributed by atoms with E-state index < -0.39 is 0 Å². The zero-order valence-corrected chi connectivity index (χ0v) is 20.4. The first-order valence-corrected chi connectivity index (χ1v) is 11.7. The van der Waals surface area contributed by atoms with Crippen LogP contribution in [0.1, 0.15) is 92.6 Å². The van der Waals surface area contributed by atoms with Gasteiger partial charge in [0.2, 0.25) is 5.91 Å². The Hall–Kier alpha value is -1.58. The molecule has 1 fully saturated rings. The van der Waals surface area contributed by atoms with Gasteiger partial charge >= 0.3 is 0 Å². The van der Waals surface area contributed by atoms with E-state index in [0.717, 1.165) is 49.6 Å². The lowest BCUT2D eigenvalue weighted by molar-refractivity contribution is -0.121. The maximum atomic E-state index is 13.7. The van der Waals surface area contributed by atoms with Crippen LogP contribution in [0.2, 0.25) is 0 Å². The van der Waals surface area contributed by atoms with Crippen LogP contribution in [0.3, 0.4) is 0 Å². The predicted molar refractivity (Wildman–Crippen MR) is 127 cm³/mol. The second-order valence-corrected chi connectivity index (χ2v) is 7.43. The highest BCUT2D eigenvalue weighted by Gasteiger charge is 2.18. The number of hydrogen-bond donors (Lipinski definition) is 1.